The van der Waals surface area contributed by atoms with Crippen molar-refractivity contribution < 1.29 is 14.0 Å². The standard InChI is InChI=1S/C18H15FN2O2/c1-21-11-14-10-13(5-8-16(14)20-18(21)23)17(22)9-4-12-2-6-15(19)7-3-12/h2-10H,11H2,1H3,(H,20,23)/b9-4+. The first-order valence-electron chi connectivity index (χ1n) is 7.16. The van der Waals surface area contributed by atoms with Crippen molar-refractivity contribution in [3.63, 3.8) is 0 Å². The lowest BCUT2D eigenvalue weighted by Crippen LogP contribution is -2.35. The van der Waals surface area contributed by atoms with Crippen molar-refractivity contribution in [2.75, 3.05) is 12.4 Å². The highest BCUT2D eigenvalue weighted by molar-refractivity contribution is 6.07. The van der Waals surface area contributed by atoms with E-state index < -0.39 is 0 Å². The normalized spacial score (nSPS) is 13.8. The zero-order valence-corrected chi connectivity index (χ0v) is 12.5. The highest BCUT2D eigenvalue weighted by atomic mass is 19.1. The smallest absolute Gasteiger partial charge is 0.321 e. The summed E-state index contributed by atoms with van der Waals surface area (Å²) in [6.07, 6.45) is 3.11. The van der Waals surface area contributed by atoms with E-state index in [0.29, 0.717) is 12.1 Å². The molecule has 0 atom stereocenters. The molecular formula is C18H15FN2O2. The van der Waals surface area contributed by atoms with E-state index in [2.05, 4.69) is 5.32 Å². The average Bonchev–Trinajstić information content (AvgIpc) is 2.54. The van der Waals surface area contributed by atoms with Gasteiger partial charge in [-0.05, 0) is 47.5 Å². The lowest BCUT2D eigenvalue weighted by molar-refractivity contribution is 0.104. The molecule has 4 nitrogen and oxygen atoms in total. The Balaban J connectivity index is 1.79. The van der Waals surface area contributed by atoms with Crippen LogP contribution < -0.4 is 5.32 Å². The summed E-state index contributed by atoms with van der Waals surface area (Å²) in [5, 5.41) is 2.76. The molecule has 3 rings (SSSR count). The van der Waals surface area contributed by atoms with Crippen LogP contribution in [0.25, 0.3) is 6.08 Å². The fourth-order valence-corrected chi connectivity index (χ4v) is 2.38. The molecule has 0 saturated heterocycles. The van der Waals surface area contributed by atoms with Crippen molar-refractivity contribution in [2.45, 2.75) is 6.54 Å². The number of halogens is 1. The number of ketones is 1. The van der Waals surface area contributed by atoms with E-state index in [0.717, 1.165) is 16.8 Å². The van der Waals surface area contributed by atoms with Crippen molar-refractivity contribution in [3.05, 3.63) is 71.0 Å². The van der Waals surface area contributed by atoms with Crippen LogP contribution in [-0.4, -0.2) is 23.8 Å². The van der Waals surface area contributed by atoms with Gasteiger partial charge in [0.05, 0.1) is 0 Å². The van der Waals surface area contributed by atoms with Gasteiger partial charge in [0.1, 0.15) is 5.82 Å². The second-order valence-electron chi connectivity index (χ2n) is 5.41. The predicted octanol–water partition coefficient (Wildman–Crippen LogP) is 3.70. The quantitative estimate of drug-likeness (QED) is 0.694. The number of rotatable bonds is 3. The molecule has 0 aliphatic carbocycles. The lowest BCUT2D eigenvalue weighted by atomic mass is 10.0. The molecule has 1 N–H and O–H groups in total. The number of carbonyl (C=O) groups is 2. The molecule has 0 saturated carbocycles. The van der Waals surface area contributed by atoms with Gasteiger partial charge in [0.15, 0.2) is 5.78 Å². The minimum Gasteiger partial charge on any atom is -0.323 e. The van der Waals surface area contributed by atoms with Crippen molar-refractivity contribution in [1.29, 1.82) is 0 Å². The maximum Gasteiger partial charge on any atom is 0.321 e. The minimum absolute atomic E-state index is 0.142. The van der Waals surface area contributed by atoms with Gasteiger partial charge in [0, 0.05) is 24.8 Å². The summed E-state index contributed by atoms with van der Waals surface area (Å²) in [7, 11) is 1.70. The maximum absolute atomic E-state index is 12.8. The number of amides is 2. The van der Waals surface area contributed by atoms with E-state index in [1.807, 2.05) is 0 Å². The van der Waals surface area contributed by atoms with Crippen LogP contribution in [0.5, 0.6) is 0 Å². The zero-order chi connectivity index (χ0) is 16.4. The van der Waals surface area contributed by atoms with Crippen LogP contribution in [0.2, 0.25) is 0 Å². The number of carbonyl (C=O) groups excluding carboxylic acids is 2. The zero-order valence-electron chi connectivity index (χ0n) is 12.5. The third-order valence-corrected chi connectivity index (χ3v) is 3.68. The number of allylic oxidation sites excluding steroid dienone is 1. The predicted molar refractivity (Wildman–Crippen MR) is 86.7 cm³/mol. The van der Waals surface area contributed by atoms with E-state index in [4.69, 9.17) is 0 Å². The summed E-state index contributed by atoms with van der Waals surface area (Å²) >= 11 is 0. The number of hydrogen-bond acceptors (Lipinski definition) is 2. The van der Waals surface area contributed by atoms with Gasteiger partial charge in [0.2, 0.25) is 0 Å². The van der Waals surface area contributed by atoms with Crippen LogP contribution in [0.4, 0.5) is 14.9 Å². The fraction of sp³-hybridized carbons (Fsp3) is 0.111. The van der Waals surface area contributed by atoms with E-state index in [1.165, 1.54) is 18.2 Å². The summed E-state index contributed by atoms with van der Waals surface area (Å²) in [5.41, 5.74) is 2.93. The number of anilines is 1. The van der Waals surface area contributed by atoms with E-state index in [1.54, 1.807) is 48.4 Å². The van der Waals surface area contributed by atoms with Crippen molar-refractivity contribution in [3.8, 4) is 0 Å². The Bertz CT molecular complexity index is 797. The van der Waals surface area contributed by atoms with E-state index in [9.17, 15) is 14.0 Å². The molecule has 0 aromatic heterocycles. The molecule has 2 aromatic rings. The molecule has 23 heavy (non-hydrogen) atoms. The van der Waals surface area contributed by atoms with E-state index in [-0.39, 0.29) is 17.6 Å². The highest BCUT2D eigenvalue weighted by Gasteiger charge is 2.19. The molecule has 1 heterocycles. The second kappa shape index (κ2) is 6.04. The average molecular weight is 310 g/mol. The van der Waals surface area contributed by atoms with Gasteiger partial charge in [-0.3, -0.25) is 4.79 Å². The maximum atomic E-state index is 12.8. The van der Waals surface area contributed by atoms with Gasteiger partial charge in [-0.15, -0.1) is 0 Å². The fourth-order valence-electron chi connectivity index (χ4n) is 2.38. The van der Waals surface area contributed by atoms with Gasteiger partial charge in [-0.2, -0.15) is 0 Å². The summed E-state index contributed by atoms with van der Waals surface area (Å²) in [4.78, 5) is 25.4. The molecule has 0 unspecified atom stereocenters. The Morgan fingerprint density at radius 1 is 1.22 bits per heavy atom. The van der Waals surface area contributed by atoms with Gasteiger partial charge >= 0.3 is 6.03 Å². The Hall–Kier alpha value is -2.95. The van der Waals surface area contributed by atoms with Crippen LogP contribution in [0.1, 0.15) is 21.5 Å². The van der Waals surface area contributed by atoms with Gasteiger partial charge in [-0.25, -0.2) is 9.18 Å². The van der Waals surface area contributed by atoms with Crippen LogP contribution in [0.3, 0.4) is 0 Å². The second-order valence-corrected chi connectivity index (χ2v) is 5.41. The van der Waals surface area contributed by atoms with Gasteiger partial charge in [-0.1, -0.05) is 18.2 Å². The van der Waals surface area contributed by atoms with Crippen LogP contribution in [-0.2, 0) is 6.54 Å². The van der Waals surface area contributed by atoms with Gasteiger partial charge in [0.25, 0.3) is 0 Å². The molecular weight excluding hydrogens is 295 g/mol. The summed E-state index contributed by atoms with van der Waals surface area (Å²) in [5.74, 6) is -0.453. The number of fused-ring (bicyclic) bond motifs is 1. The van der Waals surface area contributed by atoms with Crippen LogP contribution in [0.15, 0.2) is 48.5 Å². The lowest BCUT2D eigenvalue weighted by Gasteiger charge is -2.26. The topological polar surface area (TPSA) is 49.4 Å². The number of nitrogens with zero attached hydrogens (tertiary/aromatic N) is 1. The van der Waals surface area contributed by atoms with E-state index >= 15 is 0 Å². The summed E-state index contributed by atoms with van der Waals surface area (Å²) < 4.78 is 12.8. The first-order chi connectivity index (χ1) is 11.0. The highest BCUT2D eigenvalue weighted by Crippen LogP contribution is 2.24. The van der Waals surface area contributed by atoms with Crippen LogP contribution in [0, 0.1) is 5.82 Å². The molecule has 2 amide bonds. The largest absolute Gasteiger partial charge is 0.323 e. The molecule has 0 radical (unpaired) electrons. The Morgan fingerprint density at radius 3 is 2.70 bits per heavy atom. The van der Waals surface area contributed by atoms with Gasteiger partial charge < -0.3 is 10.2 Å². The molecule has 1 aliphatic heterocycles. The van der Waals surface area contributed by atoms with Crippen molar-refractivity contribution in [1.82, 2.24) is 4.90 Å². The molecule has 0 spiro atoms. The molecule has 1 aliphatic rings. The Kier molecular flexibility index (Phi) is 3.93. The number of urea groups is 1. The number of nitrogens with one attached hydrogen (secondary N) is 1. The Morgan fingerprint density at radius 2 is 1.96 bits per heavy atom. The monoisotopic (exact) mass is 310 g/mol. The van der Waals surface area contributed by atoms with Crippen molar-refractivity contribution >= 4 is 23.6 Å². The van der Waals surface area contributed by atoms with Crippen LogP contribution >= 0.6 is 0 Å². The van der Waals surface area contributed by atoms with Crippen molar-refractivity contribution in [2.24, 2.45) is 0 Å². The molecule has 0 fully saturated rings. The molecule has 2 aromatic carbocycles. The molecule has 116 valence electrons. The SMILES string of the molecule is CN1Cc2cc(C(=O)/C=C/c3ccc(F)cc3)ccc2NC1=O. The first-order valence-corrected chi connectivity index (χ1v) is 7.16. The Labute approximate surface area is 133 Å². The minimum atomic E-state index is -0.311. The molecule has 0 bridgehead atoms. The summed E-state index contributed by atoms with van der Waals surface area (Å²) in [6, 6.07) is 11.0. The third-order valence-electron chi connectivity index (χ3n) is 3.68. The molecule has 5 heteroatoms. The first kappa shape index (κ1) is 15.0. The number of benzene rings is 2. The number of hydrogen-bond donors (Lipinski definition) is 1. The third kappa shape index (κ3) is 3.29. The summed E-state index contributed by atoms with van der Waals surface area (Å²) in [6.45, 7) is 0.462.